The number of imidazole rings is 1. The van der Waals surface area contributed by atoms with Gasteiger partial charge in [0.05, 0.1) is 0 Å². The molecule has 0 aliphatic carbocycles. The van der Waals surface area contributed by atoms with E-state index >= 15 is 0 Å². The minimum absolute atomic E-state index is 0.0868. The van der Waals surface area contributed by atoms with Crippen LogP contribution in [0.5, 0.6) is 0 Å². The number of hydrogen-bond donors (Lipinski definition) is 2. The first-order valence-corrected chi connectivity index (χ1v) is 4.53. The van der Waals surface area contributed by atoms with Gasteiger partial charge in [-0.05, 0) is 12.3 Å². The van der Waals surface area contributed by atoms with Crippen LogP contribution in [0.25, 0.3) is 0 Å². The van der Waals surface area contributed by atoms with Crippen molar-refractivity contribution in [2.24, 2.45) is 5.92 Å². The van der Waals surface area contributed by atoms with Crippen molar-refractivity contribution in [1.82, 2.24) is 9.55 Å². The summed E-state index contributed by atoms with van der Waals surface area (Å²) in [7, 11) is 0. The van der Waals surface area contributed by atoms with Crippen LogP contribution < -0.4 is 5.69 Å². The van der Waals surface area contributed by atoms with Crippen LogP contribution in [0.15, 0.2) is 17.2 Å². The van der Waals surface area contributed by atoms with Crippen molar-refractivity contribution in [1.29, 1.82) is 0 Å². The van der Waals surface area contributed by atoms with Gasteiger partial charge >= 0.3 is 5.69 Å². The first-order valence-electron chi connectivity index (χ1n) is 4.53. The van der Waals surface area contributed by atoms with Crippen molar-refractivity contribution >= 4 is 0 Å². The minimum Gasteiger partial charge on any atom is -0.396 e. The summed E-state index contributed by atoms with van der Waals surface area (Å²) in [4.78, 5) is 13.9. The lowest BCUT2D eigenvalue weighted by Gasteiger charge is -2.20. The monoisotopic (exact) mass is 184 g/mol. The van der Waals surface area contributed by atoms with E-state index in [1.54, 1.807) is 17.0 Å². The third kappa shape index (κ3) is 2.21. The molecule has 1 atom stereocenters. The molecule has 1 aromatic heterocycles. The van der Waals surface area contributed by atoms with Gasteiger partial charge in [-0.25, -0.2) is 4.79 Å². The molecule has 1 unspecified atom stereocenters. The van der Waals surface area contributed by atoms with Crippen molar-refractivity contribution in [2.45, 2.75) is 26.3 Å². The van der Waals surface area contributed by atoms with Crippen LogP contribution >= 0.6 is 0 Å². The number of aliphatic hydroxyl groups is 1. The van der Waals surface area contributed by atoms with E-state index in [0.717, 1.165) is 0 Å². The maximum atomic E-state index is 11.3. The van der Waals surface area contributed by atoms with Gasteiger partial charge < -0.3 is 10.1 Å². The molecule has 0 aliphatic rings. The molecule has 1 rings (SSSR count). The molecule has 0 fully saturated rings. The Morgan fingerprint density at radius 1 is 1.62 bits per heavy atom. The van der Waals surface area contributed by atoms with Gasteiger partial charge in [-0.2, -0.15) is 0 Å². The molecule has 0 saturated heterocycles. The van der Waals surface area contributed by atoms with Crippen LogP contribution in [-0.2, 0) is 0 Å². The molecule has 0 aromatic carbocycles. The number of aliphatic hydroxyl groups excluding tert-OH is 1. The summed E-state index contributed by atoms with van der Waals surface area (Å²) < 4.78 is 1.64. The van der Waals surface area contributed by atoms with Gasteiger partial charge in [-0.3, -0.25) is 4.57 Å². The molecule has 13 heavy (non-hydrogen) atoms. The zero-order chi connectivity index (χ0) is 9.84. The maximum absolute atomic E-state index is 11.3. The Bertz CT molecular complexity index is 301. The molecule has 0 amide bonds. The number of nitrogens with one attached hydrogen (secondary N) is 1. The van der Waals surface area contributed by atoms with E-state index in [2.05, 4.69) is 4.98 Å². The number of aromatic nitrogens is 2. The second kappa shape index (κ2) is 4.28. The number of rotatable bonds is 4. The Balaban J connectivity index is 2.88. The Kier molecular flexibility index (Phi) is 3.31. The second-order valence-corrected chi connectivity index (χ2v) is 3.50. The Morgan fingerprint density at radius 2 is 2.31 bits per heavy atom. The van der Waals surface area contributed by atoms with E-state index < -0.39 is 0 Å². The van der Waals surface area contributed by atoms with Gasteiger partial charge in [0.25, 0.3) is 0 Å². The van der Waals surface area contributed by atoms with Crippen molar-refractivity contribution in [3.63, 3.8) is 0 Å². The predicted octanol–water partition coefficient (Wildman–Crippen LogP) is 0.756. The summed E-state index contributed by atoms with van der Waals surface area (Å²) in [6, 6.07) is 0.0868. The molecule has 2 N–H and O–H groups in total. The lowest BCUT2D eigenvalue weighted by atomic mass is 10.0. The molecule has 0 saturated carbocycles. The third-order valence-corrected chi connectivity index (χ3v) is 2.23. The summed E-state index contributed by atoms with van der Waals surface area (Å²) in [5.74, 6) is 0.348. The zero-order valence-electron chi connectivity index (χ0n) is 8.03. The Morgan fingerprint density at radius 3 is 2.69 bits per heavy atom. The average molecular weight is 184 g/mol. The largest absolute Gasteiger partial charge is 0.396 e. The average Bonchev–Trinajstić information content (AvgIpc) is 2.47. The smallest absolute Gasteiger partial charge is 0.325 e. The van der Waals surface area contributed by atoms with Crippen LogP contribution in [-0.4, -0.2) is 21.3 Å². The van der Waals surface area contributed by atoms with Crippen molar-refractivity contribution in [2.75, 3.05) is 6.61 Å². The molecular formula is C9H16N2O2. The minimum atomic E-state index is -0.104. The molecular weight excluding hydrogens is 168 g/mol. The lowest BCUT2D eigenvalue weighted by molar-refractivity contribution is 0.230. The third-order valence-electron chi connectivity index (χ3n) is 2.23. The SMILES string of the molecule is CC(C)C(CCO)n1cc[nH]c1=O. The fraction of sp³-hybridized carbons (Fsp3) is 0.667. The second-order valence-electron chi connectivity index (χ2n) is 3.50. The molecule has 74 valence electrons. The summed E-state index contributed by atoms with van der Waals surface area (Å²) in [6.45, 7) is 4.19. The Labute approximate surface area is 77.2 Å². The van der Waals surface area contributed by atoms with Gasteiger partial charge in [0.1, 0.15) is 0 Å². The molecule has 0 radical (unpaired) electrons. The van der Waals surface area contributed by atoms with E-state index in [1.165, 1.54) is 0 Å². The van der Waals surface area contributed by atoms with Gasteiger partial charge in [0.2, 0.25) is 0 Å². The molecule has 0 bridgehead atoms. The van der Waals surface area contributed by atoms with Crippen molar-refractivity contribution in [3.05, 3.63) is 22.9 Å². The van der Waals surface area contributed by atoms with Crippen molar-refractivity contribution in [3.8, 4) is 0 Å². The molecule has 4 nitrogen and oxygen atoms in total. The summed E-state index contributed by atoms with van der Waals surface area (Å²) in [5, 5.41) is 8.85. The van der Waals surface area contributed by atoms with E-state index in [0.29, 0.717) is 12.3 Å². The van der Waals surface area contributed by atoms with Crippen LogP contribution in [0.4, 0.5) is 0 Å². The van der Waals surface area contributed by atoms with E-state index in [4.69, 9.17) is 5.11 Å². The normalized spacial score (nSPS) is 13.5. The van der Waals surface area contributed by atoms with E-state index in [9.17, 15) is 4.79 Å². The van der Waals surface area contributed by atoms with Gasteiger partial charge in [0.15, 0.2) is 0 Å². The highest BCUT2D eigenvalue weighted by molar-refractivity contribution is 4.82. The highest BCUT2D eigenvalue weighted by Gasteiger charge is 2.15. The highest BCUT2D eigenvalue weighted by Crippen LogP contribution is 2.18. The van der Waals surface area contributed by atoms with Gasteiger partial charge in [-0.15, -0.1) is 0 Å². The number of aromatic amines is 1. The lowest BCUT2D eigenvalue weighted by Crippen LogP contribution is -2.26. The first kappa shape index (κ1) is 10.1. The number of H-pyrrole nitrogens is 1. The highest BCUT2D eigenvalue weighted by atomic mass is 16.3. The molecule has 0 spiro atoms. The Hall–Kier alpha value is -1.03. The summed E-state index contributed by atoms with van der Waals surface area (Å²) in [5.41, 5.74) is -0.104. The van der Waals surface area contributed by atoms with Gasteiger partial charge in [0, 0.05) is 25.0 Å². The number of nitrogens with zero attached hydrogens (tertiary/aromatic N) is 1. The summed E-state index contributed by atoms with van der Waals surface area (Å²) >= 11 is 0. The van der Waals surface area contributed by atoms with E-state index in [-0.39, 0.29) is 18.3 Å². The van der Waals surface area contributed by atoms with E-state index in [1.807, 2.05) is 13.8 Å². The van der Waals surface area contributed by atoms with Crippen LogP contribution in [0, 0.1) is 5.92 Å². The van der Waals surface area contributed by atoms with Crippen LogP contribution in [0.3, 0.4) is 0 Å². The fourth-order valence-electron chi connectivity index (χ4n) is 1.52. The molecule has 1 heterocycles. The standard InChI is InChI=1S/C9H16N2O2/c1-7(2)8(3-6-12)11-5-4-10-9(11)13/h4-5,7-8,12H,3,6H2,1-2H3,(H,10,13). The topological polar surface area (TPSA) is 58.0 Å². The van der Waals surface area contributed by atoms with Crippen LogP contribution in [0.1, 0.15) is 26.3 Å². The predicted molar refractivity (Wildman–Crippen MR) is 50.6 cm³/mol. The zero-order valence-corrected chi connectivity index (χ0v) is 8.03. The van der Waals surface area contributed by atoms with Crippen molar-refractivity contribution < 1.29 is 5.11 Å². The quantitative estimate of drug-likeness (QED) is 0.725. The maximum Gasteiger partial charge on any atom is 0.325 e. The number of hydrogen-bond acceptors (Lipinski definition) is 2. The molecule has 0 aliphatic heterocycles. The van der Waals surface area contributed by atoms with Crippen LogP contribution in [0.2, 0.25) is 0 Å². The summed E-state index contributed by atoms with van der Waals surface area (Å²) in [6.07, 6.45) is 3.97. The fourth-order valence-corrected chi connectivity index (χ4v) is 1.52. The molecule has 4 heteroatoms. The van der Waals surface area contributed by atoms with Gasteiger partial charge in [-0.1, -0.05) is 13.8 Å². The first-order chi connectivity index (χ1) is 6.16. The molecule has 1 aromatic rings.